The average molecular weight is 347 g/mol. The maximum absolute atomic E-state index is 12.2. The second-order valence-corrected chi connectivity index (χ2v) is 6.17. The normalized spacial score (nSPS) is 14.4. The van der Waals surface area contributed by atoms with Crippen LogP contribution in [0.25, 0.3) is 0 Å². The number of amides is 3. The maximum atomic E-state index is 12.2. The first-order valence-electron chi connectivity index (χ1n) is 8.63. The first-order chi connectivity index (χ1) is 12.0. The second kappa shape index (κ2) is 9.05. The monoisotopic (exact) mass is 347 g/mol. The third kappa shape index (κ3) is 5.48. The summed E-state index contributed by atoms with van der Waals surface area (Å²) in [6, 6.07) is 6.97. The van der Waals surface area contributed by atoms with Crippen LogP contribution in [0.5, 0.6) is 0 Å². The number of aliphatic carboxylic acids is 1. The van der Waals surface area contributed by atoms with Gasteiger partial charge in [-0.15, -0.1) is 0 Å². The molecule has 0 fully saturated rings. The molecule has 2 rings (SSSR count). The number of fused-ring (bicyclic) bond motifs is 1. The second-order valence-electron chi connectivity index (χ2n) is 6.17. The first kappa shape index (κ1) is 18.8. The van der Waals surface area contributed by atoms with E-state index < -0.39 is 12.0 Å². The molecule has 3 amide bonds. The summed E-state index contributed by atoms with van der Waals surface area (Å²) in [6.45, 7) is 3.25. The Morgan fingerprint density at radius 1 is 1.24 bits per heavy atom. The van der Waals surface area contributed by atoms with Gasteiger partial charge in [-0.3, -0.25) is 4.79 Å². The molecule has 1 aliphatic heterocycles. The number of benzene rings is 1. The van der Waals surface area contributed by atoms with Crippen molar-refractivity contribution < 1.29 is 19.5 Å². The van der Waals surface area contributed by atoms with Gasteiger partial charge >= 0.3 is 12.0 Å². The van der Waals surface area contributed by atoms with Crippen LogP contribution in [0, 0.1) is 0 Å². The largest absolute Gasteiger partial charge is 0.480 e. The van der Waals surface area contributed by atoms with Crippen molar-refractivity contribution in [2.75, 3.05) is 13.1 Å². The van der Waals surface area contributed by atoms with E-state index in [9.17, 15) is 14.4 Å². The highest BCUT2D eigenvalue weighted by atomic mass is 16.4. The number of hydrogen-bond donors (Lipinski definition) is 3. The minimum absolute atomic E-state index is 0.0592. The minimum atomic E-state index is -1.04. The third-order valence-electron chi connectivity index (χ3n) is 4.26. The molecule has 1 unspecified atom stereocenters. The van der Waals surface area contributed by atoms with Gasteiger partial charge in [0.2, 0.25) is 5.91 Å². The summed E-state index contributed by atoms with van der Waals surface area (Å²) >= 11 is 0. The lowest BCUT2D eigenvalue weighted by atomic mass is 10.0. The van der Waals surface area contributed by atoms with E-state index in [-0.39, 0.29) is 24.9 Å². The zero-order valence-electron chi connectivity index (χ0n) is 14.5. The molecule has 7 nitrogen and oxygen atoms in total. The number of nitrogens with zero attached hydrogens (tertiary/aromatic N) is 1. The number of carboxylic acid groups (broad SMARTS) is 1. The van der Waals surface area contributed by atoms with Crippen LogP contribution in [0.1, 0.15) is 37.3 Å². The standard InChI is InChI=1S/C18H25N3O4/c1-2-5-15(17(23)24)20-16(22)8-10-19-18(25)21-11-9-13-6-3-4-7-14(13)12-21/h3-4,6-7,15H,2,5,8-12H2,1H3,(H,19,25)(H,20,22)(H,23,24). The number of rotatable bonds is 7. The van der Waals surface area contributed by atoms with Crippen LogP contribution in [0.4, 0.5) is 4.79 Å². The lowest BCUT2D eigenvalue weighted by molar-refractivity contribution is -0.142. The summed E-state index contributed by atoms with van der Waals surface area (Å²) in [6.07, 6.45) is 1.94. The molecule has 136 valence electrons. The van der Waals surface area contributed by atoms with Crippen LogP contribution in [0.3, 0.4) is 0 Å². The van der Waals surface area contributed by atoms with Gasteiger partial charge in [-0.05, 0) is 24.0 Å². The molecule has 0 spiro atoms. The van der Waals surface area contributed by atoms with Crippen molar-refractivity contribution in [3.63, 3.8) is 0 Å². The summed E-state index contributed by atoms with van der Waals surface area (Å²) in [4.78, 5) is 36.8. The lowest BCUT2D eigenvalue weighted by Gasteiger charge is -2.29. The fourth-order valence-electron chi connectivity index (χ4n) is 2.88. The molecule has 0 aromatic heterocycles. The van der Waals surface area contributed by atoms with Gasteiger partial charge in [0.1, 0.15) is 6.04 Å². The summed E-state index contributed by atoms with van der Waals surface area (Å²) in [5, 5.41) is 14.2. The van der Waals surface area contributed by atoms with Crippen LogP contribution in [0.2, 0.25) is 0 Å². The van der Waals surface area contributed by atoms with Crippen LogP contribution in [-0.4, -0.2) is 47.0 Å². The van der Waals surface area contributed by atoms with Crippen LogP contribution < -0.4 is 10.6 Å². The zero-order valence-corrected chi connectivity index (χ0v) is 14.5. The molecule has 0 bridgehead atoms. The Labute approximate surface area is 147 Å². The van der Waals surface area contributed by atoms with E-state index in [1.165, 1.54) is 5.56 Å². The molecule has 1 aliphatic rings. The van der Waals surface area contributed by atoms with E-state index in [1.54, 1.807) is 4.90 Å². The highest BCUT2D eigenvalue weighted by Gasteiger charge is 2.21. The van der Waals surface area contributed by atoms with Crippen LogP contribution >= 0.6 is 0 Å². The number of hydrogen-bond acceptors (Lipinski definition) is 3. The summed E-state index contributed by atoms with van der Waals surface area (Å²) in [7, 11) is 0. The molecule has 1 aromatic carbocycles. The van der Waals surface area contributed by atoms with E-state index in [0.29, 0.717) is 25.9 Å². The van der Waals surface area contributed by atoms with Gasteiger partial charge in [-0.2, -0.15) is 0 Å². The lowest BCUT2D eigenvalue weighted by Crippen LogP contribution is -2.45. The number of nitrogens with one attached hydrogen (secondary N) is 2. The highest BCUT2D eigenvalue weighted by molar-refractivity contribution is 5.84. The van der Waals surface area contributed by atoms with Crippen molar-refractivity contribution in [2.45, 2.75) is 45.2 Å². The first-order valence-corrected chi connectivity index (χ1v) is 8.63. The average Bonchev–Trinajstić information content (AvgIpc) is 2.60. The Hall–Kier alpha value is -2.57. The Bertz CT molecular complexity index is 633. The molecule has 0 aliphatic carbocycles. The van der Waals surface area contributed by atoms with E-state index in [1.807, 2.05) is 25.1 Å². The van der Waals surface area contributed by atoms with E-state index in [0.717, 1.165) is 12.0 Å². The van der Waals surface area contributed by atoms with Crippen LogP contribution in [0.15, 0.2) is 24.3 Å². The fourth-order valence-corrected chi connectivity index (χ4v) is 2.88. The molecule has 1 atom stereocenters. The predicted molar refractivity (Wildman–Crippen MR) is 93.0 cm³/mol. The molecule has 1 heterocycles. The molecule has 25 heavy (non-hydrogen) atoms. The number of carbonyl (C=O) groups excluding carboxylic acids is 2. The SMILES string of the molecule is CCCC(NC(=O)CCNC(=O)N1CCc2ccccc2C1)C(=O)O. The molecule has 3 N–H and O–H groups in total. The van der Waals surface area contributed by atoms with Crippen molar-refractivity contribution in [1.82, 2.24) is 15.5 Å². The Morgan fingerprint density at radius 3 is 2.64 bits per heavy atom. The van der Waals surface area contributed by atoms with Gasteiger partial charge in [-0.25, -0.2) is 9.59 Å². The smallest absolute Gasteiger partial charge is 0.326 e. The van der Waals surface area contributed by atoms with Crippen LogP contribution in [-0.2, 0) is 22.6 Å². The maximum Gasteiger partial charge on any atom is 0.326 e. The quantitative estimate of drug-likeness (QED) is 0.696. The Morgan fingerprint density at radius 2 is 1.96 bits per heavy atom. The Balaban J connectivity index is 1.73. The van der Waals surface area contributed by atoms with Gasteiger partial charge in [0.25, 0.3) is 0 Å². The molecule has 7 heteroatoms. The van der Waals surface area contributed by atoms with Gasteiger partial charge in [-0.1, -0.05) is 37.6 Å². The molecule has 1 aromatic rings. The Kier molecular flexibility index (Phi) is 6.80. The molecule has 0 saturated carbocycles. The minimum Gasteiger partial charge on any atom is -0.480 e. The van der Waals surface area contributed by atoms with Crippen molar-refractivity contribution in [2.24, 2.45) is 0 Å². The van der Waals surface area contributed by atoms with Gasteiger partial charge in [0.15, 0.2) is 0 Å². The zero-order chi connectivity index (χ0) is 18.2. The molecule has 0 radical (unpaired) electrons. The van der Waals surface area contributed by atoms with E-state index in [2.05, 4.69) is 16.7 Å². The number of carbonyl (C=O) groups is 3. The number of urea groups is 1. The van der Waals surface area contributed by atoms with Crippen molar-refractivity contribution >= 4 is 17.9 Å². The predicted octanol–water partition coefficient (Wildman–Crippen LogP) is 1.51. The summed E-state index contributed by atoms with van der Waals surface area (Å²) in [5.74, 6) is -1.41. The van der Waals surface area contributed by atoms with Crippen molar-refractivity contribution in [3.05, 3.63) is 35.4 Å². The fraction of sp³-hybridized carbons (Fsp3) is 0.500. The van der Waals surface area contributed by atoms with Crippen molar-refractivity contribution in [3.8, 4) is 0 Å². The van der Waals surface area contributed by atoms with Crippen molar-refractivity contribution in [1.29, 1.82) is 0 Å². The number of carboxylic acids is 1. The van der Waals surface area contributed by atoms with Gasteiger partial charge < -0.3 is 20.6 Å². The molecular formula is C18H25N3O4. The highest BCUT2D eigenvalue weighted by Crippen LogP contribution is 2.18. The summed E-state index contributed by atoms with van der Waals surface area (Å²) in [5.41, 5.74) is 2.41. The summed E-state index contributed by atoms with van der Waals surface area (Å²) < 4.78 is 0. The molecular weight excluding hydrogens is 322 g/mol. The third-order valence-corrected chi connectivity index (χ3v) is 4.26. The molecule has 0 saturated heterocycles. The van der Waals surface area contributed by atoms with Gasteiger partial charge in [0.05, 0.1) is 0 Å². The van der Waals surface area contributed by atoms with E-state index >= 15 is 0 Å². The topological polar surface area (TPSA) is 98.7 Å². The van der Waals surface area contributed by atoms with Gasteiger partial charge in [0, 0.05) is 26.1 Å². The van der Waals surface area contributed by atoms with E-state index in [4.69, 9.17) is 5.11 Å².